The maximum Gasteiger partial charge on any atom is 0.573 e. The van der Waals surface area contributed by atoms with Crippen LogP contribution in [0.3, 0.4) is 0 Å². The van der Waals surface area contributed by atoms with Crippen LogP contribution in [-0.4, -0.2) is 39.1 Å². The van der Waals surface area contributed by atoms with Crippen molar-refractivity contribution >= 4 is 39.9 Å². The summed E-state index contributed by atoms with van der Waals surface area (Å²) in [7, 11) is 0. The van der Waals surface area contributed by atoms with Crippen LogP contribution in [0.1, 0.15) is 49.9 Å². The van der Waals surface area contributed by atoms with Gasteiger partial charge in [-0.1, -0.05) is 44.2 Å². The number of rotatable bonds is 7. The molecule has 0 amide bonds. The van der Waals surface area contributed by atoms with E-state index in [0.29, 0.717) is 11.5 Å². The number of hydrogen-bond donors (Lipinski definition) is 3. The number of ether oxygens (including phenoxy) is 1. The maximum absolute atomic E-state index is 12.9. The summed E-state index contributed by atoms with van der Waals surface area (Å²) in [6, 6.07) is 13.8. The molecule has 0 bridgehead atoms. The van der Waals surface area contributed by atoms with Gasteiger partial charge in [0.2, 0.25) is 5.95 Å². The van der Waals surface area contributed by atoms with E-state index < -0.39 is 6.36 Å². The second-order valence-electron chi connectivity index (χ2n) is 9.06. The molecule has 208 valence electrons. The number of alkyl halides is 3. The lowest BCUT2D eigenvalue weighted by atomic mass is 10.1. The zero-order chi connectivity index (χ0) is 28.0. The molecule has 1 saturated carbocycles. The van der Waals surface area contributed by atoms with Gasteiger partial charge in [-0.15, -0.1) is 24.9 Å². The van der Waals surface area contributed by atoms with E-state index in [2.05, 4.69) is 25.3 Å². The SMILES string of the molecule is CC.Cc1nc(Nc2ccccc2OC(F)(F)F)nc(NC2CCC(CO)C2)c1C1=Nc2ccccc2CS1. The van der Waals surface area contributed by atoms with Crippen molar-refractivity contribution < 1.29 is 23.0 Å². The topological polar surface area (TPSA) is 91.7 Å². The van der Waals surface area contributed by atoms with Crippen LogP contribution in [0.15, 0.2) is 53.5 Å². The average Bonchev–Trinajstić information content (AvgIpc) is 3.37. The monoisotopic (exact) mass is 559 g/mol. The van der Waals surface area contributed by atoms with Gasteiger partial charge in [-0.25, -0.2) is 9.98 Å². The molecule has 0 saturated heterocycles. The summed E-state index contributed by atoms with van der Waals surface area (Å²) in [4.78, 5) is 14.1. The molecule has 0 spiro atoms. The Balaban J connectivity index is 0.00000172. The molecule has 1 fully saturated rings. The van der Waals surface area contributed by atoms with Crippen molar-refractivity contribution in [3.8, 4) is 5.75 Å². The summed E-state index contributed by atoms with van der Waals surface area (Å²) in [5, 5.41) is 16.8. The first-order valence-corrected chi connectivity index (χ1v) is 13.9. The largest absolute Gasteiger partial charge is 0.573 e. The van der Waals surface area contributed by atoms with Gasteiger partial charge in [0.15, 0.2) is 5.75 Å². The molecule has 2 atom stereocenters. The molecule has 1 aliphatic heterocycles. The predicted octanol–water partition coefficient (Wildman–Crippen LogP) is 7.35. The van der Waals surface area contributed by atoms with Crippen LogP contribution in [0.2, 0.25) is 0 Å². The van der Waals surface area contributed by atoms with Crippen molar-refractivity contribution in [1.29, 1.82) is 0 Å². The molecule has 3 aromatic rings. The van der Waals surface area contributed by atoms with Crippen molar-refractivity contribution in [2.45, 2.75) is 58.2 Å². The second kappa shape index (κ2) is 12.7. The molecule has 2 heterocycles. The fourth-order valence-corrected chi connectivity index (χ4v) is 5.70. The minimum absolute atomic E-state index is 0.0949. The van der Waals surface area contributed by atoms with Crippen LogP contribution < -0.4 is 15.4 Å². The number of fused-ring (bicyclic) bond motifs is 1. The Morgan fingerprint density at radius 3 is 2.54 bits per heavy atom. The number of aliphatic hydroxyl groups excluding tert-OH is 1. The molecule has 1 aromatic heterocycles. The highest BCUT2D eigenvalue weighted by Crippen LogP contribution is 2.38. The third kappa shape index (κ3) is 7.21. The number of thioether (sulfide) groups is 1. The Hall–Kier alpha value is -3.31. The number of anilines is 3. The molecule has 7 nitrogen and oxygen atoms in total. The maximum atomic E-state index is 12.9. The van der Waals surface area contributed by atoms with Crippen molar-refractivity contribution in [3.05, 3.63) is 65.4 Å². The van der Waals surface area contributed by atoms with E-state index in [-0.39, 0.29) is 36.0 Å². The molecular weight excluding hydrogens is 527 g/mol. The third-order valence-electron chi connectivity index (χ3n) is 6.38. The van der Waals surface area contributed by atoms with Crippen LogP contribution in [0, 0.1) is 12.8 Å². The van der Waals surface area contributed by atoms with Gasteiger partial charge in [-0.05, 0) is 55.9 Å². The number of nitrogens with one attached hydrogen (secondary N) is 2. The highest BCUT2D eigenvalue weighted by molar-refractivity contribution is 8.13. The van der Waals surface area contributed by atoms with E-state index in [1.54, 1.807) is 17.8 Å². The van der Waals surface area contributed by atoms with E-state index in [1.807, 2.05) is 45.0 Å². The number of aryl methyl sites for hydroxylation is 1. The molecule has 3 N–H and O–H groups in total. The first kappa shape index (κ1) is 28.7. The lowest BCUT2D eigenvalue weighted by Crippen LogP contribution is -2.21. The van der Waals surface area contributed by atoms with E-state index in [4.69, 9.17) is 4.99 Å². The number of benzene rings is 2. The zero-order valence-corrected chi connectivity index (χ0v) is 22.9. The second-order valence-corrected chi connectivity index (χ2v) is 10.0. The van der Waals surface area contributed by atoms with Crippen molar-refractivity contribution in [2.75, 3.05) is 17.2 Å². The number of aliphatic imine (C=N–C) groups is 1. The van der Waals surface area contributed by atoms with Crippen molar-refractivity contribution in [2.24, 2.45) is 10.9 Å². The van der Waals surface area contributed by atoms with Gasteiger partial charge >= 0.3 is 6.36 Å². The van der Waals surface area contributed by atoms with E-state index >= 15 is 0 Å². The molecule has 2 aliphatic rings. The van der Waals surface area contributed by atoms with Crippen molar-refractivity contribution in [1.82, 2.24) is 9.97 Å². The highest BCUT2D eigenvalue weighted by atomic mass is 32.2. The predicted molar refractivity (Wildman–Crippen MR) is 150 cm³/mol. The number of hydrogen-bond acceptors (Lipinski definition) is 8. The van der Waals surface area contributed by atoms with Crippen molar-refractivity contribution in [3.63, 3.8) is 0 Å². The smallest absolute Gasteiger partial charge is 0.404 e. The Morgan fingerprint density at radius 1 is 1.05 bits per heavy atom. The number of aliphatic hydroxyl groups is 1. The third-order valence-corrected chi connectivity index (χ3v) is 7.41. The molecule has 2 aromatic carbocycles. The van der Waals surface area contributed by atoms with Gasteiger partial charge < -0.3 is 20.5 Å². The van der Waals surface area contributed by atoms with Gasteiger partial charge in [0.1, 0.15) is 10.9 Å². The number of nitrogens with zero attached hydrogens (tertiary/aromatic N) is 3. The van der Waals surface area contributed by atoms with Gasteiger partial charge in [-0.3, -0.25) is 0 Å². The Labute approximate surface area is 230 Å². The van der Waals surface area contributed by atoms with Gasteiger partial charge in [0.05, 0.1) is 22.6 Å². The molecule has 2 unspecified atom stereocenters. The lowest BCUT2D eigenvalue weighted by molar-refractivity contribution is -0.274. The molecule has 1 aliphatic carbocycles. The summed E-state index contributed by atoms with van der Waals surface area (Å²) < 4.78 is 42.9. The average molecular weight is 560 g/mol. The summed E-state index contributed by atoms with van der Waals surface area (Å²) >= 11 is 1.59. The first-order chi connectivity index (χ1) is 18.8. The van der Waals surface area contributed by atoms with Crippen LogP contribution in [0.5, 0.6) is 5.75 Å². The number of aromatic nitrogens is 2. The molecule has 0 radical (unpaired) electrons. The van der Waals surface area contributed by atoms with Crippen LogP contribution >= 0.6 is 11.8 Å². The minimum atomic E-state index is -4.83. The van der Waals surface area contributed by atoms with E-state index in [9.17, 15) is 18.3 Å². The summed E-state index contributed by atoms with van der Waals surface area (Å²) in [5.41, 5.74) is 3.53. The Bertz CT molecular complexity index is 1320. The standard InChI is InChI=1S/C26H26F3N5O2S.C2H6/c1-15-22(24-32-19-7-3-2-6-17(19)14-37-24)23(31-18-11-10-16(12-18)13-35)34-25(30-15)33-20-8-4-5-9-21(20)36-26(27,28)29;1-2/h2-9,16,18,35H,10-14H2,1H3,(H2,30,31,33,34);1-2H3. The van der Waals surface area contributed by atoms with Gasteiger partial charge in [0.25, 0.3) is 0 Å². The first-order valence-electron chi connectivity index (χ1n) is 13.0. The summed E-state index contributed by atoms with van der Waals surface area (Å²) in [5.74, 6) is 1.30. The highest BCUT2D eigenvalue weighted by Gasteiger charge is 2.32. The summed E-state index contributed by atoms with van der Waals surface area (Å²) in [6.07, 6.45) is -2.25. The van der Waals surface area contributed by atoms with E-state index in [1.165, 1.54) is 18.2 Å². The van der Waals surface area contributed by atoms with Crippen LogP contribution in [0.25, 0.3) is 0 Å². The molecule has 11 heteroatoms. The normalized spacial score (nSPS) is 18.4. The van der Waals surface area contributed by atoms with Crippen LogP contribution in [-0.2, 0) is 5.75 Å². The lowest BCUT2D eigenvalue weighted by Gasteiger charge is -2.22. The minimum Gasteiger partial charge on any atom is -0.404 e. The number of halogens is 3. The summed E-state index contributed by atoms with van der Waals surface area (Å²) in [6.45, 7) is 5.97. The quantitative estimate of drug-likeness (QED) is 0.279. The fourth-order valence-electron chi connectivity index (χ4n) is 4.62. The van der Waals surface area contributed by atoms with Crippen LogP contribution in [0.4, 0.5) is 36.3 Å². The van der Waals surface area contributed by atoms with Gasteiger partial charge in [-0.2, -0.15) is 4.98 Å². The molecule has 39 heavy (non-hydrogen) atoms. The molecule has 5 rings (SSSR count). The fraction of sp³-hybridized carbons (Fsp3) is 0.393. The Morgan fingerprint density at radius 2 is 1.79 bits per heavy atom. The number of para-hydroxylation sites is 3. The zero-order valence-electron chi connectivity index (χ0n) is 22.0. The van der Waals surface area contributed by atoms with Gasteiger partial charge in [0, 0.05) is 18.4 Å². The molecular formula is C28H32F3N5O2S. The Kier molecular flexibility index (Phi) is 9.34. The van der Waals surface area contributed by atoms with E-state index in [0.717, 1.165) is 46.9 Å².